The monoisotopic (exact) mass is 471 g/mol. The first-order valence-corrected chi connectivity index (χ1v) is 12.3. The van der Waals surface area contributed by atoms with Gasteiger partial charge >= 0.3 is 0 Å². The first-order chi connectivity index (χ1) is 15.7. The Labute approximate surface area is 191 Å². The Morgan fingerprint density at radius 2 is 1.58 bits per heavy atom. The Hall–Kier alpha value is -3.73. The van der Waals surface area contributed by atoms with Crippen LogP contribution in [0, 0.1) is 0 Å². The number of aromatic nitrogens is 2. The second-order valence-electron chi connectivity index (χ2n) is 7.49. The maximum Gasteiger partial charge on any atom is 0.290 e. The van der Waals surface area contributed by atoms with Gasteiger partial charge < -0.3 is 0 Å². The van der Waals surface area contributed by atoms with E-state index in [1.165, 1.54) is 28.9 Å². The normalized spacial score (nSPS) is 11.2. The first kappa shape index (κ1) is 23.9. The molecule has 0 aliphatic rings. The van der Waals surface area contributed by atoms with E-state index < -0.39 is 21.8 Å². The van der Waals surface area contributed by atoms with Crippen molar-refractivity contribution >= 4 is 38.3 Å². The fourth-order valence-electron chi connectivity index (χ4n) is 3.21. The van der Waals surface area contributed by atoms with E-state index in [4.69, 9.17) is 0 Å². The van der Waals surface area contributed by atoms with Crippen molar-refractivity contribution < 1.29 is 18.0 Å². The molecule has 174 valence electrons. The molecule has 0 bridgehead atoms. The lowest BCUT2D eigenvalue weighted by atomic mass is 10.1. The third-order valence-corrected chi connectivity index (χ3v) is 5.40. The lowest BCUT2D eigenvalue weighted by Gasteiger charge is -2.12. The predicted molar refractivity (Wildman–Crippen MR) is 125 cm³/mol. The zero-order valence-corrected chi connectivity index (χ0v) is 19.1. The van der Waals surface area contributed by atoms with Gasteiger partial charge in [-0.3, -0.25) is 30.0 Å². The van der Waals surface area contributed by atoms with Crippen LogP contribution < -0.4 is 21.1 Å². The third kappa shape index (κ3) is 6.16. The number of aryl methyl sites for hydroxylation is 1. The van der Waals surface area contributed by atoms with Gasteiger partial charge in [0.1, 0.15) is 0 Å². The number of amides is 2. The maximum atomic E-state index is 12.8. The predicted octanol–water partition coefficient (Wildman–Crippen LogP) is 2.03. The summed E-state index contributed by atoms with van der Waals surface area (Å²) < 4.78 is 26.1. The average molecular weight is 472 g/mol. The number of anilines is 1. The number of rotatable bonds is 8. The Morgan fingerprint density at radius 3 is 2.21 bits per heavy atom. The summed E-state index contributed by atoms with van der Waals surface area (Å²) in [7, 11) is -3.43. The number of nitrogens with zero attached hydrogens (tertiary/aromatic N) is 2. The number of hydrazine groups is 1. The highest BCUT2D eigenvalue weighted by Gasteiger charge is 2.17. The number of fused-ring (bicyclic) bond motifs is 1. The van der Waals surface area contributed by atoms with E-state index >= 15 is 0 Å². The third-order valence-electron chi connectivity index (χ3n) is 4.80. The molecule has 10 nitrogen and oxygen atoms in total. The van der Waals surface area contributed by atoms with Crippen LogP contribution in [0.5, 0.6) is 0 Å². The van der Waals surface area contributed by atoms with Crippen LogP contribution in [0.15, 0.2) is 53.3 Å². The standard InChI is InChI=1S/C22H25N5O5S/c1-3-4-7-14-27-22(30)18-9-6-5-8-17(18)19(25-27)21(29)24-23-20(28)15-10-12-16(13-11-15)26-33(2,31)32/h5-6,8-13,26H,3-4,7,14H2,1-2H3,(H,23,28)(H,24,29). The number of hydrogen-bond acceptors (Lipinski definition) is 6. The van der Waals surface area contributed by atoms with Crippen molar-refractivity contribution in [3.8, 4) is 0 Å². The minimum absolute atomic E-state index is 0.0229. The average Bonchev–Trinajstić information content (AvgIpc) is 2.78. The highest BCUT2D eigenvalue weighted by molar-refractivity contribution is 7.92. The summed E-state index contributed by atoms with van der Waals surface area (Å²) in [4.78, 5) is 37.9. The molecule has 33 heavy (non-hydrogen) atoms. The van der Waals surface area contributed by atoms with E-state index in [0.29, 0.717) is 23.0 Å². The molecule has 1 aromatic heterocycles. The summed E-state index contributed by atoms with van der Waals surface area (Å²) >= 11 is 0. The molecule has 2 amide bonds. The van der Waals surface area contributed by atoms with Gasteiger partial charge in [-0.05, 0) is 36.8 Å². The molecule has 0 spiro atoms. The highest BCUT2D eigenvalue weighted by Crippen LogP contribution is 2.14. The van der Waals surface area contributed by atoms with Gasteiger partial charge in [0, 0.05) is 23.2 Å². The molecule has 3 N–H and O–H groups in total. The summed E-state index contributed by atoms with van der Waals surface area (Å²) in [5.41, 5.74) is 4.90. The van der Waals surface area contributed by atoms with Crippen molar-refractivity contribution in [3.63, 3.8) is 0 Å². The van der Waals surface area contributed by atoms with Crippen molar-refractivity contribution in [1.29, 1.82) is 0 Å². The lowest BCUT2D eigenvalue weighted by Crippen LogP contribution is -2.42. The highest BCUT2D eigenvalue weighted by atomic mass is 32.2. The largest absolute Gasteiger partial charge is 0.290 e. The molecule has 0 aliphatic heterocycles. The van der Waals surface area contributed by atoms with Crippen LogP contribution in [0.4, 0.5) is 5.69 Å². The fourth-order valence-corrected chi connectivity index (χ4v) is 3.78. The zero-order chi connectivity index (χ0) is 24.0. The van der Waals surface area contributed by atoms with Gasteiger partial charge in [-0.15, -0.1) is 0 Å². The Balaban J connectivity index is 1.77. The summed E-state index contributed by atoms with van der Waals surface area (Å²) in [6, 6.07) is 12.4. The van der Waals surface area contributed by atoms with Gasteiger partial charge in [0.05, 0.1) is 11.6 Å². The van der Waals surface area contributed by atoms with Crippen molar-refractivity contribution in [2.24, 2.45) is 0 Å². The molecule has 11 heteroatoms. The second-order valence-corrected chi connectivity index (χ2v) is 9.24. The van der Waals surface area contributed by atoms with Crippen LogP contribution >= 0.6 is 0 Å². The SMILES string of the molecule is CCCCCn1nc(C(=O)NNC(=O)c2ccc(NS(C)(=O)=O)cc2)c2ccccc2c1=O. The topological polar surface area (TPSA) is 139 Å². The number of carbonyl (C=O) groups is 2. The minimum Gasteiger partial charge on any atom is -0.284 e. The molecule has 3 rings (SSSR count). The van der Waals surface area contributed by atoms with Crippen LogP contribution in [0.3, 0.4) is 0 Å². The summed E-state index contributed by atoms with van der Waals surface area (Å²) in [5.74, 6) is -1.27. The smallest absolute Gasteiger partial charge is 0.284 e. The Bertz CT molecular complexity index is 1330. The van der Waals surface area contributed by atoms with Gasteiger partial charge in [-0.25, -0.2) is 13.1 Å². The van der Waals surface area contributed by atoms with E-state index in [2.05, 4.69) is 20.7 Å². The zero-order valence-electron chi connectivity index (χ0n) is 18.3. The van der Waals surface area contributed by atoms with E-state index in [1.54, 1.807) is 24.3 Å². The molecule has 0 unspecified atom stereocenters. The lowest BCUT2D eigenvalue weighted by molar-refractivity contribution is 0.0843. The molecule has 0 atom stereocenters. The number of unbranched alkanes of at least 4 members (excludes halogenated alkanes) is 2. The van der Waals surface area contributed by atoms with Gasteiger partial charge in [0.2, 0.25) is 10.0 Å². The van der Waals surface area contributed by atoms with Gasteiger partial charge in [-0.1, -0.05) is 38.0 Å². The van der Waals surface area contributed by atoms with Crippen LogP contribution in [-0.2, 0) is 16.6 Å². The quantitative estimate of drug-likeness (QED) is 0.339. The van der Waals surface area contributed by atoms with Crippen molar-refractivity contribution in [3.05, 3.63) is 70.1 Å². The van der Waals surface area contributed by atoms with Crippen molar-refractivity contribution in [2.45, 2.75) is 32.7 Å². The first-order valence-electron chi connectivity index (χ1n) is 10.4. The number of sulfonamides is 1. The molecule has 0 radical (unpaired) electrons. The van der Waals surface area contributed by atoms with Crippen LogP contribution in [-0.4, -0.2) is 36.3 Å². The van der Waals surface area contributed by atoms with Gasteiger partial charge in [0.15, 0.2) is 5.69 Å². The minimum atomic E-state index is -3.43. The Kier molecular flexibility index (Phi) is 7.44. The van der Waals surface area contributed by atoms with E-state index in [9.17, 15) is 22.8 Å². The van der Waals surface area contributed by atoms with Crippen molar-refractivity contribution in [1.82, 2.24) is 20.6 Å². The van der Waals surface area contributed by atoms with Crippen LogP contribution in [0.25, 0.3) is 10.8 Å². The molecule has 3 aromatic rings. The van der Waals surface area contributed by atoms with Gasteiger partial charge in [0.25, 0.3) is 17.4 Å². The molecule has 1 heterocycles. The number of benzene rings is 2. The molecule has 0 aliphatic carbocycles. The van der Waals surface area contributed by atoms with Crippen molar-refractivity contribution in [2.75, 3.05) is 11.0 Å². The summed E-state index contributed by atoms with van der Waals surface area (Å²) in [6.45, 7) is 2.44. The maximum absolute atomic E-state index is 12.8. The molecule has 0 fully saturated rings. The van der Waals surface area contributed by atoms with E-state index in [0.717, 1.165) is 25.5 Å². The number of hydrogen-bond donors (Lipinski definition) is 3. The fraction of sp³-hybridized carbons (Fsp3) is 0.273. The summed E-state index contributed by atoms with van der Waals surface area (Å²) in [5, 5.41) is 5.00. The molecule has 0 saturated heterocycles. The van der Waals surface area contributed by atoms with Crippen LogP contribution in [0.1, 0.15) is 47.0 Å². The molecular formula is C22H25N5O5S. The Morgan fingerprint density at radius 1 is 0.939 bits per heavy atom. The molecular weight excluding hydrogens is 446 g/mol. The summed E-state index contributed by atoms with van der Waals surface area (Å²) in [6.07, 6.45) is 3.68. The van der Waals surface area contributed by atoms with E-state index in [-0.39, 0.29) is 16.8 Å². The molecule has 0 saturated carbocycles. The second kappa shape index (κ2) is 10.3. The van der Waals surface area contributed by atoms with E-state index in [1.807, 2.05) is 6.92 Å². The van der Waals surface area contributed by atoms with Gasteiger partial charge in [-0.2, -0.15) is 5.10 Å². The molecule has 2 aromatic carbocycles. The van der Waals surface area contributed by atoms with Crippen LogP contribution in [0.2, 0.25) is 0 Å². The number of nitrogens with one attached hydrogen (secondary N) is 3. The number of carbonyl (C=O) groups excluding carboxylic acids is 2.